The highest BCUT2D eigenvalue weighted by Gasteiger charge is 2.35. The maximum Gasteiger partial charge on any atom is 0.440 e. The average molecular weight is 528 g/mol. The number of phenolic OH excluding ortho intramolecular Hbond substituents is 1. The number of fused-ring (bicyclic) bond motifs is 2. The van der Waals surface area contributed by atoms with Crippen molar-refractivity contribution < 1.29 is 27.1 Å². The van der Waals surface area contributed by atoms with Crippen molar-refractivity contribution >= 4 is 39.8 Å². The summed E-state index contributed by atoms with van der Waals surface area (Å²) in [4.78, 5) is 0.0227. The molecule has 0 spiro atoms. The second kappa shape index (κ2) is 11.8. The van der Waals surface area contributed by atoms with Crippen LogP contribution in [0.15, 0.2) is 40.8 Å². The summed E-state index contributed by atoms with van der Waals surface area (Å²) in [5.41, 5.74) is 1.58. The summed E-state index contributed by atoms with van der Waals surface area (Å²) >= 11 is 1.07. The molecule has 3 rings (SSSR count). The van der Waals surface area contributed by atoms with Gasteiger partial charge >= 0.3 is 6.80 Å². The highest BCUT2D eigenvalue weighted by Crippen LogP contribution is 2.62. The van der Waals surface area contributed by atoms with Gasteiger partial charge in [-0.1, -0.05) is 57.4 Å². The van der Waals surface area contributed by atoms with E-state index >= 15 is 0 Å². The third-order valence-electron chi connectivity index (χ3n) is 5.48. The molecule has 0 saturated carbocycles. The molecule has 188 valence electrons. The number of hydrogen-bond donors (Lipinski definition) is 2. The van der Waals surface area contributed by atoms with E-state index < -0.39 is 16.6 Å². The Balaban J connectivity index is 2.10. The monoisotopic (exact) mass is 527 g/mol. The normalized spacial score (nSPS) is 18.4. The number of benzene rings is 1. The number of phenols is 1. The lowest BCUT2D eigenvalue weighted by Crippen LogP contribution is -2.25. The summed E-state index contributed by atoms with van der Waals surface area (Å²) < 4.78 is 51.3. The molecule has 1 aromatic rings. The Bertz CT molecular complexity index is 1130. The molecule has 34 heavy (non-hydrogen) atoms. The van der Waals surface area contributed by atoms with E-state index in [0.717, 1.165) is 42.6 Å². The zero-order valence-electron chi connectivity index (χ0n) is 20.0. The van der Waals surface area contributed by atoms with Crippen molar-refractivity contribution in [3.8, 4) is 11.5 Å². The van der Waals surface area contributed by atoms with Gasteiger partial charge in [0.15, 0.2) is 21.3 Å². The third-order valence-corrected chi connectivity index (χ3v) is 11.2. The minimum Gasteiger partial charge on any atom is -0.504 e. The molecule has 2 aliphatic rings. The van der Waals surface area contributed by atoms with Crippen LogP contribution in [0.2, 0.25) is 0 Å². The third kappa shape index (κ3) is 6.30. The van der Waals surface area contributed by atoms with Gasteiger partial charge in [-0.05, 0) is 42.8 Å². The van der Waals surface area contributed by atoms with Crippen molar-refractivity contribution in [2.75, 3.05) is 23.4 Å². The predicted octanol–water partition coefficient (Wildman–Crippen LogP) is 6.72. The molecule has 2 atom stereocenters. The number of sulfone groups is 1. The lowest BCUT2D eigenvalue weighted by molar-refractivity contribution is 0.292. The zero-order valence-corrected chi connectivity index (χ0v) is 22.5. The van der Waals surface area contributed by atoms with Gasteiger partial charge < -0.3 is 14.9 Å². The van der Waals surface area contributed by atoms with Gasteiger partial charge in [0.2, 0.25) is 0 Å². The van der Waals surface area contributed by atoms with Crippen LogP contribution in [0.25, 0.3) is 6.08 Å². The fourth-order valence-corrected chi connectivity index (χ4v) is 8.85. The summed E-state index contributed by atoms with van der Waals surface area (Å²) in [5, 5.41) is 14.2. The number of allylic oxidation sites excluding steroid dienone is 2. The molecule has 10 heteroatoms. The summed E-state index contributed by atoms with van der Waals surface area (Å²) in [6.45, 7) is 2.30. The van der Waals surface area contributed by atoms with Crippen molar-refractivity contribution in [3.05, 3.63) is 41.5 Å². The van der Waals surface area contributed by atoms with Crippen LogP contribution in [0.3, 0.4) is 0 Å². The van der Waals surface area contributed by atoms with Gasteiger partial charge in [0.1, 0.15) is 0 Å². The van der Waals surface area contributed by atoms with Gasteiger partial charge in [-0.2, -0.15) is 0 Å². The number of nitrogens with one attached hydrogen (secondary N) is 1. The van der Waals surface area contributed by atoms with E-state index in [2.05, 4.69) is 12.2 Å². The fraction of sp³-hybridized carbons (Fsp3) is 0.500. The first-order valence-electron chi connectivity index (χ1n) is 11.8. The van der Waals surface area contributed by atoms with Crippen LogP contribution in [0.4, 0.5) is 5.69 Å². The Labute approximate surface area is 206 Å². The Morgan fingerprint density at radius 2 is 1.94 bits per heavy atom. The highest BCUT2D eigenvalue weighted by molar-refractivity contribution is 8.55. The van der Waals surface area contributed by atoms with Crippen molar-refractivity contribution in [3.63, 3.8) is 0 Å². The van der Waals surface area contributed by atoms with Gasteiger partial charge in [0.25, 0.3) is 0 Å². The standard InChI is InChI=1S/C24H34NO6PS2/c1-4-7-8-11-15-34(28,29)22-17-21(26)24(31-32(27,30-6-3)33-14-5-2)19-16-18-12-9-10-13-20(18)25-23(19)22/h9-10,12-13,16-17,20,25-26H,4-8,11,14-15H2,1-3H3. The maximum atomic E-state index is 13.4. The molecule has 2 unspecified atom stereocenters. The molecule has 1 aromatic carbocycles. The van der Waals surface area contributed by atoms with Crippen molar-refractivity contribution in [1.82, 2.24) is 0 Å². The minimum absolute atomic E-state index is 0.0124. The van der Waals surface area contributed by atoms with Gasteiger partial charge in [-0.25, -0.2) is 13.0 Å². The smallest absolute Gasteiger partial charge is 0.440 e. The largest absolute Gasteiger partial charge is 0.504 e. The Morgan fingerprint density at radius 3 is 2.65 bits per heavy atom. The summed E-state index contributed by atoms with van der Waals surface area (Å²) in [5.74, 6) is 0.123. The van der Waals surface area contributed by atoms with Gasteiger partial charge in [-0.15, -0.1) is 0 Å². The number of unbranched alkanes of at least 4 members (excludes halogenated alkanes) is 3. The van der Waals surface area contributed by atoms with E-state index in [-0.39, 0.29) is 34.8 Å². The quantitative estimate of drug-likeness (QED) is 0.166. The molecule has 1 aliphatic heterocycles. The number of aromatic hydroxyl groups is 1. The second-order valence-electron chi connectivity index (χ2n) is 8.19. The molecular formula is C24H34NO6PS2. The Kier molecular flexibility index (Phi) is 9.38. The molecule has 0 fully saturated rings. The molecule has 0 aromatic heterocycles. The molecule has 0 amide bonds. The van der Waals surface area contributed by atoms with Gasteiger partial charge in [-0.3, -0.25) is 4.52 Å². The SMILES string of the molecule is CCCCCCS(=O)(=O)c1cc(O)c(OP(=O)(OCC)SCCC)c2c1NC1C=CC=CC1=C2. The zero-order chi connectivity index (χ0) is 24.8. The van der Waals surface area contributed by atoms with E-state index in [0.29, 0.717) is 23.4 Å². The number of hydrogen-bond acceptors (Lipinski definition) is 8. The average Bonchev–Trinajstić information content (AvgIpc) is 2.81. The summed E-state index contributed by atoms with van der Waals surface area (Å²) in [6, 6.07) is 0.996. The van der Waals surface area contributed by atoms with Crippen LogP contribution in [0.1, 0.15) is 58.4 Å². The number of anilines is 1. The Hall–Kier alpha value is -1.67. The van der Waals surface area contributed by atoms with E-state index in [1.807, 2.05) is 31.2 Å². The van der Waals surface area contributed by atoms with Crippen LogP contribution in [0, 0.1) is 0 Å². The molecule has 0 saturated heterocycles. The van der Waals surface area contributed by atoms with Crippen LogP contribution in [0.5, 0.6) is 11.5 Å². The highest BCUT2D eigenvalue weighted by atomic mass is 32.7. The van der Waals surface area contributed by atoms with Gasteiger partial charge in [0, 0.05) is 17.4 Å². The van der Waals surface area contributed by atoms with Crippen molar-refractivity contribution in [2.24, 2.45) is 0 Å². The van der Waals surface area contributed by atoms with Crippen molar-refractivity contribution in [2.45, 2.75) is 63.8 Å². The lowest BCUT2D eigenvalue weighted by atomic mass is 9.93. The molecule has 0 radical (unpaired) electrons. The van der Waals surface area contributed by atoms with E-state index in [4.69, 9.17) is 9.05 Å². The van der Waals surface area contributed by atoms with Crippen LogP contribution >= 0.6 is 18.2 Å². The maximum absolute atomic E-state index is 13.4. The van der Waals surface area contributed by atoms with Crippen molar-refractivity contribution in [1.29, 1.82) is 0 Å². The van der Waals surface area contributed by atoms with E-state index in [9.17, 15) is 18.1 Å². The summed E-state index contributed by atoms with van der Waals surface area (Å²) in [6.07, 6.45) is 13.5. The van der Waals surface area contributed by atoms with Gasteiger partial charge in [0.05, 0.1) is 29.0 Å². The fourth-order valence-electron chi connectivity index (χ4n) is 3.81. The molecule has 1 aliphatic carbocycles. The molecule has 2 N–H and O–H groups in total. The lowest BCUT2D eigenvalue weighted by Gasteiger charge is -2.30. The number of rotatable bonds is 13. The Morgan fingerprint density at radius 1 is 1.15 bits per heavy atom. The summed E-state index contributed by atoms with van der Waals surface area (Å²) in [7, 11) is -3.68. The minimum atomic E-state index is -3.68. The molecular weight excluding hydrogens is 493 g/mol. The molecule has 0 bridgehead atoms. The van der Waals surface area contributed by atoms with Crippen LogP contribution < -0.4 is 9.84 Å². The molecule has 1 heterocycles. The van der Waals surface area contributed by atoms with Crippen LogP contribution in [-0.4, -0.2) is 37.7 Å². The predicted molar refractivity (Wildman–Crippen MR) is 141 cm³/mol. The van der Waals surface area contributed by atoms with E-state index in [1.165, 1.54) is 6.07 Å². The second-order valence-corrected chi connectivity index (χ2v) is 14.4. The molecule has 7 nitrogen and oxygen atoms in total. The van der Waals surface area contributed by atoms with Crippen LogP contribution in [-0.2, 0) is 18.9 Å². The first-order chi connectivity index (χ1) is 16.2. The first-order valence-corrected chi connectivity index (χ1v) is 16.6. The van der Waals surface area contributed by atoms with E-state index in [1.54, 1.807) is 13.0 Å². The first kappa shape index (κ1) is 26.9. The topological polar surface area (TPSA) is 102 Å².